The lowest BCUT2D eigenvalue weighted by molar-refractivity contribution is -0.141. The number of amides is 2. The van der Waals surface area contributed by atoms with Gasteiger partial charge in [-0.1, -0.05) is 11.6 Å². The topological polar surface area (TPSA) is 89.9 Å². The fourth-order valence-corrected chi connectivity index (χ4v) is 2.47. The number of carboxylic acids is 1. The highest BCUT2D eigenvalue weighted by Gasteiger charge is 2.38. The van der Waals surface area contributed by atoms with Crippen molar-refractivity contribution in [1.82, 2.24) is 4.90 Å². The molecule has 6 nitrogen and oxygen atoms in total. The number of halogens is 2. The summed E-state index contributed by atoms with van der Waals surface area (Å²) in [6, 6.07) is 3.26. The summed E-state index contributed by atoms with van der Waals surface area (Å²) in [5.41, 5.74) is 0.453. The Kier molecular flexibility index (Phi) is 4.52. The fraction of sp³-hybridized carbons (Fsp3) is 0.333. The van der Waals surface area contributed by atoms with E-state index in [2.05, 4.69) is 21.2 Å². The molecule has 20 heavy (non-hydrogen) atoms. The van der Waals surface area contributed by atoms with Gasteiger partial charge >= 0.3 is 12.0 Å². The summed E-state index contributed by atoms with van der Waals surface area (Å²) in [6.07, 6.45) is -0.792. The molecule has 2 amide bonds. The lowest BCUT2D eigenvalue weighted by Gasteiger charge is -2.21. The first-order valence-electron chi connectivity index (χ1n) is 5.82. The molecule has 2 atom stereocenters. The van der Waals surface area contributed by atoms with Crippen LogP contribution in [0.25, 0.3) is 0 Å². The summed E-state index contributed by atoms with van der Waals surface area (Å²) in [7, 11) is 0. The monoisotopic (exact) mass is 362 g/mol. The number of aliphatic hydroxyl groups excluding tert-OH is 1. The number of likely N-dealkylation sites (tertiary alicyclic amines) is 1. The molecule has 1 aliphatic heterocycles. The minimum absolute atomic E-state index is 0.00688. The second-order valence-corrected chi connectivity index (χ2v) is 5.72. The third-order valence-corrected chi connectivity index (χ3v) is 4.23. The molecule has 0 radical (unpaired) electrons. The van der Waals surface area contributed by atoms with Crippen molar-refractivity contribution in [2.75, 3.05) is 11.9 Å². The molecule has 1 fully saturated rings. The fourth-order valence-electron chi connectivity index (χ4n) is 2.04. The number of urea groups is 1. The van der Waals surface area contributed by atoms with Gasteiger partial charge in [0.2, 0.25) is 0 Å². The van der Waals surface area contributed by atoms with Gasteiger partial charge in [0.05, 0.1) is 11.1 Å². The summed E-state index contributed by atoms with van der Waals surface area (Å²) in [6.45, 7) is -0.00688. The molecule has 1 aromatic rings. The molecule has 8 heteroatoms. The minimum atomic E-state index is -1.13. The van der Waals surface area contributed by atoms with Crippen molar-refractivity contribution in [1.29, 1.82) is 0 Å². The van der Waals surface area contributed by atoms with Crippen LogP contribution in [0.3, 0.4) is 0 Å². The molecule has 1 aromatic carbocycles. The number of rotatable bonds is 2. The Morgan fingerprint density at radius 1 is 1.45 bits per heavy atom. The van der Waals surface area contributed by atoms with Crippen molar-refractivity contribution in [3.63, 3.8) is 0 Å². The van der Waals surface area contributed by atoms with Gasteiger partial charge in [-0.2, -0.15) is 0 Å². The quantitative estimate of drug-likeness (QED) is 0.751. The molecule has 1 aliphatic rings. The van der Waals surface area contributed by atoms with Crippen LogP contribution in [0.2, 0.25) is 5.02 Å². The predicted octanol–water partition coefficient (Wildman–Crippen LogP) is 2.15. The maximum absolute atomic E-state index is 12.1. The molecule has 0 aliphatic carbocycles. The first-order valence-corrected chi connectivity index (χ1v) is 6.99. The van der Waals surface area contributed by atoms with Crippen LogP contribution in [0, 0.1) is 0 Å². The number of carbonyl (C=O) groups excluding carboxylic acids is 1. The van der Waals surface area contributed by atoms with Gasteiger partial charge in [0.1, 0.15) is 6.04 Å². The lowest BCUT2D eigenvalue weighted by Crippen LogP contribution is -2.43. The third kappa shape index (κ3) is 3.23. The summed E-state index contributed by atoms with van der Waals surface area (Å²) >= 11 is 9.15. The van der Waals surface area contributed by atoms with Gasteiger partial charge in [-0.05, 0) is 34.1 Å². The molecule has 3 N–H and O–H groups in total. The van der Waals surface area contributed by atoms with Crippen molar-refractivity contribution >= 4 is 45.2 Å². The lowest BCUT2D eigenvalue weighted by atomic mass is 10.2. The zero-order chi connectivity index (χ0) is 14.9. The predicted molar refractivity (Wildman–Crippen MR) is 76.9 cm³/mol. The van der Waals surface area contributed by atoms with Gasteiger partial charge in [0.15, 0.2) is 0 Å². The number of nitrogens with zero attached hydrogens (tertiary/aromatic N) is 1. The molecular weight excluding hydrogens is 351 g/mol. The molecule has 0 spiro atoms. The van der Waals surface area contributed by atoms with Gasteiger partial charge in [-0.15, -0.1) is 0 Å². The highest BCUT2D eigenvalue weighted by Crippen LogP contribution is 2.26. The number of carboxylic acid groups (broad SMARTS) is 1. The molecule has 0 saturated carbocycles. The van der Waals surface area contributed by atoms with Gasteiger partial charge in [-0.25, -0.2) is 9.59 Å². The standard InChI is InChI=1S/C12H12BrClN2O4/c13-8-2-1-6(3-9(8)14)15-12(20)16-5-7(17)4-10(16)11(18)19/h1-3,7,10,17H,4-5H2,(H,15,20)(H,18,19)/t7-,10-/m0/s1. The Hall–Kier alpha value is -1.31. The van der Waals surface area contributed by atoms with E-state index in [1.807, 2.05) is 0 Å². The van der Waals surface area contributed by atoms with Crippen LogP contribution < -0.4 is 5.32 Å². The van der Waals surface area contributed by atoms with Gasteiger partial charge in [0, 0.05) is 23.1 Å². The second kappa shape index (κ2) is 5.99. The molecule has 0 bridgehead atoms. The zero-order valence-electron chi connectivity index (χ0n) is 10.2. The number of hydrogen-bond acceptors (Lipinski definition) is 3. The van der Waals surface area contributed by atoms with Crippen LogP contribution in [-0.4, -0.2) is 45.8 Å². The molecule has 0 unspecified atom stereocenters. The number of carbonyl (C=O) groups is 2. The normalized spacial score (nSPS) is 21.9. The Labute approximate surface area is 128 Å². The van der Waals surface area contributed by atoms with Crippen LogP contribution in [0.5, 0.6) is 0 Å². The van der Waals surface area contributed by atoms with Crippen LogP contribution in [-0.2, 0) is 4.79 Å². The van der Waals surface area contributed by atoms with Crippen molar-refractivity contribution in [2.24, 2.45) is 0 Å². The SMILES string of the molecule is O=C(O)[C@@H]1C[C@H](O)CN1C(=O)Nc1ccc(Br)c(Cl)c1. The maximum atomic E-state index is 12.1. The van der Waals surface area contributed by atoms with E-state index in [9.17, 15) is 14.7 Å². The Morgan fingerprint density at radius 3 is 2.75 bits per heavy atom. The number of aliphatic carboxylic acids is 1. The van der Waals surface area contributed by atoms with E-state index in [1.165, 1.54) is 0 Å². The van der Waals surface area contributed by atoms with Crippen molar-refractivity contribution in [3.8, 4) is 0 Å². The summed E-state index contributed by atoms with van der Waals surface area (Å²) < 4.78 is 0.692. The van der Waals surface area contributed by atoms with Gasteiger partial charge < -0.3 is 20.4 Å². The Bertz CT molecular complexity index is 554. The van der Waals surface area contributed by atoms with Crippen molar-refractivity contribution in [3.05, 3.63) is 27.7 Å². The third-order valence-electron chi connectivity index (χ3n) is 3.00. The van der Waals surface area contributed by atoms with Gasteiger partial charge in [0.25, 0.3) is 0 Å². The Morgan fingerprint density at radius 2 is 2.15 bits per heavy atom. The van der Waals surface area contributed by atoms with Gasteiger partial charge in [-0.3, -0.25) is 0 Å². The summed E-state index contributed by atoms with van der Waals surface area (Å²) in [5, 5.41) is 21.5. The highest BCUT2D eigenvalue weighted by atomic mass is 79.9. The first-order chi connectivity index (χ1) is 9.38. The second-order valence-electron chi connectivity index (χ2n) is 4.45. The number of β-amino-alcohol motifs (C(OH)–C–C–N with tert-alkyl or cyclic N) is 1. The number of hydrogen-bond donors (Lipinski definition) is 3. The molecule has 2 rings (SSSR count). The van der Waals surface area contributed by atoms with E-state index >= 15 is 0 Å². The van der Waals surface area contributed by atoms with Crippen LogP contribution in [0.1, 0.15) is 6.42 Å². The average molecular weight is 364 g/mol. The first kappa shape index (κ1) is 15.1. The molecular formula is C12H12BrClN2O4. The summed E-state index contributed by atoms with van der Waals surface area (Å²) in [4.78, 5) is 24.2. The van der Waals surface area contributed by atoms with E-state index in [-0.39, 0.29) is 13.0 Å². The largest absolute Gasteiger partial charge is 0.480 e. The van der Waals surface area contributed by atoms with E-state index in [0.717, 1.165) is 4.90 Å². The number of nitrogens with one attached hydrogen (secondary N) is 1. The van der Waals surface area contributed by atoms with Crippen LogP contribution in [0.4, 0.5) is 10.5 Å². The Balaban J connectivity index is 2.11. The van der Waals surface area contributed by atoms with Crippen LogP contribution in [0.15, 0.2) is 22.7 Å². The van der Waals surface area contributed by atoms with Crippen molar-refractivity contribution < 1.29 is 19.8 Å². The highest BCUT2D eigenvalue weighted by molar-refractivity contribution is 9.10. The molecule has 108 valence electrons. The smallest absolute Gasteiger partial charge is 0.326 e. The summed E-state index contributed by atoms with van der Waals surface area (Å²) in [5.74, 6) is -1.13. The average Bonchev–Trinajstić information content (AvgIpc) is 2.76. The molecule has 1 heterocycles. The number of benzene rings is 1. The number of aliphatic hydroxyl groups is 1. The number of anilines is 1. The molecule has 1 saturated heterocycles. The van der Waals surface area contributed by atoms with E-state index < -0.39 is 24.1 Å². The molecule has 0 aromatic heterocycles. The maximum Gasteiger partial charge on any atom is 0.326 e. The van der Waals surface area contributed by atoms with E-state index in [0.29, 0.717) is 15.2 Å². The zero-order valence-corrected chi connectivity index (χ0v) is 12.6. The minimum Gasteiger partial charge on any atom is -0.480 e. The van der Waals surface area contributed by atoms with Crippen LogP contribution >= 0.6 is 27.5 Å². The van der Waals surface area contributed by atoms with Crippen molar-refractivity contribution in [2.45, 2.75) is 18.6 Å². The van der Waals surface area contributed by atoms with E-state index in [4.69, 9.17) is 16.7 Å². The van der Waals surface area contributed by atoms with E-state index in [1.54, 1.807) is 18.2 Å².